The molecule has 0 atom stereocenters. The molecule has 0 aromatic heterocycles. The van der Waals surface area contributed by atoms with Crippen LogP contribution in [0.3, 0.4) is 0 Å². The van der Waals surface area contributed by atoms with Crippen molar-refractivity contribution >= 4 is 23.8 Å². The summed E-state index contributed by atoms with van der Waals surface area (Å²) in [4.78, 5) is 48.3. The van der Waals surface area contributed by atoms with Crippen molar-refractivity contribution in [2.24, 2.45) is 0 Å². The van der Waals surface area contributed by atoms with E-state index in [0.29, 0.717) is 18.5 Å². The maximum Gasteiger partial charge on any atom is 0.338 e. The van der Waals surface area contributed by atoms with Crippen LogP contribution in [0, 0.1) is 0 Å². The predicted molar refractivity (Wildman–Crippen MR) is 93.2 cm³/mol. The first-order chi connectivity index (χ1) is 12.3. The lowest BCUT2D eigenvalue weighted by molar-refractivity contribution is -0.128. The number of nitrogens with one attached hydrogen (secondary N) is 2. The smallest absolute Gasteiger partial charge is 0.338 e. The zero-order valence-corrected chi connectivity index (χ0v) is 14.9. The Kier molecular flexibility index (Phi) is 6.71. The Morgan fingerprint density at radius 2 is 1.88 bits per heavy atom. The van der Waals surface area contributed by atoms with Crippen LogP contribution in [0.25, 0.3) is 0 Å². The molecule has 8 nitrogen and oxygen atoms in total. The van der Waals surface area contributed by atoms with Crippen molar-refractivity contribution in [2.45, 2.75) is 39.3 Å². The zero-order valence-electron chi connectivity index (χ0n) is 14.9. The first-order valence-corrected chi connectivity index (χ1v) is 8.49. The SMILES string of the molecule is CC(C)NC(=O)NC(=O)COC(=O)c1ccc(CN2CCCC2=O)cc1. The number of rotatable bonds is 6. The number of nitrogens with zero attached hydrogens (tertiary/aromatic N) is 1. The van der Waals surface area contributed by atoms with Crippen LogP contribution in [-0.2, 0) is 20.9 Å². The molecule has 4 amide bonds. The van der Waals surface area contributed by atoms with Gasteiger partial charge in [0.2, 0.25) is 5.91 Å². The van der Waals surface area contributed by atoms with E-state index >= 15 is 0 Å². The summed E-state index contributed by atoms with van der Waals surface area (Å²) in [6.45, 7) is 4.23. The number of imide groups is 1. The van der Waals surface area contributed by atoms with E-state index in [1.165, 1.54) is 0 Å². The number of carbonyl (C=O) groups is 4. The topological polar surface area (TPSA) is 105 Å². The van der Waals surface area contributed by atoms with Crippen LogP contribution >= 0.6 is 0 Å². The molecule has 1 saturated heterocycles. The molecule has 8 heteroatoms. The summed E-state index contributed by atoms with van der Waals surface area (Å²) in [5.41, 5.74) is 1.21. The molecule has 140 valence electrons. The van der Waals surface area contributed by atoms with Crippen LogP contribution in [-0.4, -0.2) is 47.9 Å². The highest BCUT2D eigenvalue weighted by Gasteiger charge is 2.20. The van der Waals surface area contributed by atoms with Gasteiger partial charge in [-0.1, -0.05) is 12.1 Å². The van der Waals surface area contributed by atoms with E-state index in [0.717, 1.165) is 18.5 Å². The molecule has 26 heavy (non-hydrogen) atoms. The number of carbonyl (C=O) groups excluding carboxylic acids is 4. The Labute approximate surface area is 151 Å². The van der Waals surface area contributed by atoms with E-state index in [2.05, 4.69) is 10.6 Å². The van der Waals surface area contributed by atoms with E-state index in [1.54, 1.807) is 43.0 Å². The van der Waals surface area contributed by atoms with Crippen molar-refractivity contribution in [3.8, 4) is 0 Å². The third kappa shape index (κ3) is 5.87. The third-order valence-electron chi connectivity index (χ3n) is 3.74. The van der Waals surface area contributed by atoms with Gasteiger partial charge in [0.1, 0.15) is 0 Å². The maximum atomic E-state index is 12.0. The molecule has 1 heterocycles. The fourth-order valence-corrected chi connectivity index (χ4v) is 2.51. The number of benzene rings is 1. The largest absolute Gasteiger partial charge is 0.452 e. The van der Waals surface area contributed by atoms with Crippen LogP contribution < -0.4 is 10.6 Å². The van der Waals surface area contributed by atoms with Crippen molar-refractivity contribution in [3.63, 3.8) is 0 Å². The zero-order chi connectivity index (χ0) is 19.1. The van der Waals surface area contributed by atoms with E-state index in [-0.39, 0.29) is 11.9 Å². The molecule has 0 aliphatic carbocycles. The number of amides is 4. The minimum Gasteiger partial charge on any atom is -0.452 e. The Hall–Kier alpha value is -2.90. The number of likely N-dealkylation sites (tertiary alicyclic amines) is 1. The van der Waals surface area contributed by atoms with Crippen LogP contribution in [0.2, 0.25) is 0 Å². The standard InChI is InChI=1S/C18H23N3O5/c1-12(2)19-18(25)20-15(22)11-26-17(24)14-7-5-13(6-8-14)10-21-9-3-4-16(21)23/h5-8,12H,3-4,9-11H2,1-2H3,(H2,19,20,22,25). The minimum absolute atomic E-state index is 0.111. The van der Waals surface area contributed by atoms with Crippen LogP contribution in [0.4, 0.5) is 4.79 Å². The van der Waals surface area contributed by atoms with Gasteiger partial charge in [-0.15, -0.1) is 0 Å². The average Bonchev–Trinajstić information content (AvgIpc) is 2.97. The molecule has 2 rings (SSSR count). The van der Waals surface area contributed by atoms with Gasteiger partial charge in [-0.25, -0.2) is 9.59 Å². The fraction of sp³-hybridized carbons (Fsp3) is 0.444. The van der Waals surface area contributed by atoms with E-state index < -0.39 is 24.5 Å². The summed E-state index contributed by atoms with van der Waals surface area (Å²) in [6.07, 6.45) is 1.46. The molecule has 1 aliphatic rings. The van der Waals surface area contributed by atoms with Crippen molar-refractivity contribution in [1.29, 1.82) is 0 Å². The van der Waals surface area contributed by atoms with Gasteiger partial charge in [0, 0.05) is 25.6 Å². The lowest BCUT2D eigenvalue weighted by atomic mass is 10.1. The molecular weight excluding hydrogens is 338 g/mol. The van der Waals surface area contributed by atoms with Crippen molar-refractivity contribution in [1.82, 2.24) is 15.5 Å². The molecule has 0 bridgehead atoms. The van der Waals surface area contributed by atoms with Crippen molar-refractivity contribution in [3.05, 3.63) is 35.4 Å². The van der Waals surface area contributed by atoms with Gasteiger partial charge in [0.15, 0.2) is 6.61 Å². The molecule has 1 aliphatic heterocycles. The van der Waals surface area contributed by atoms with Crippen LogP contribution in [0.1, 0.15) is 42.6 Å². The highest BCUT2D eigenvalue weighted by Crippen LogP contribution is 2.15. The van der Waals surface area contributed by atoms with Gasteiger partial charge in [-0.3, -0.25) is 14.9 Å². The quantitative estimate of drug-likeness (QED) is 0.741. The molecule has 1 fully saturated rings. The minimum atomic E-state index is -0.708. The van der Waals surface area contributed by atoms with Crippen molar-refractivity contribution in [2.75, 3.05) is 13.2 Å². The van der Waals surface area contributed by atoms with E-state index in [1.807, 2.05) is 0 Å². The van der Waals surface area contributed by atoms with E-state index in [9.17, 15) is 19.2 Å². The van der Waals surface area contributed by atoms with Gasteiger partial charge in [-0.05, 0) is 38.0 Å². The lowest BCUT2D eigenvalue weighted by Gasteiger charge is -2.15. The Bertz CT molecular complexity index is 685. The van der Waals surface area contributed by atoms with Gasteiger partial charge >= 0.3 is 12.0 Å². The monoisotopic (exact) mass is 361 g/mol. The summed E-state index contributed by atoms with van der Waals surface area (Å²) < 4.78 is 4.89. The molecule has 1 aromatic carbocycles. The first-order valence-electron chi connectivity index (χ1n) is 8.49. The Morgan fingerprint density at radius 3 is 2.46 bits per heavy atom. The molecule has 1 aromatic rings. The molecule has 0 unspecified atom stereocenters. The van der Waals surface area contributed by atoms with Crippen molar-refractivity contribution < 1.29 is 23.9 Å². The normalized spacial score (nSPS) is 13.7. The molecule has 0 saturated carbocycles. The highest BCUT2D eigenvalue weighted by atomic mass is 16.5. The predicted octanol–water partition coefficient (Wildman–Crippen LogP) is 1.20. The average molecular weight is 361 g/mol. The second kappa shape index (κ2) is 8.98. The van der Waals surface area contributed by atoms with Gasteiger partial charge in [0.25, 0.3) is 5.91 Å². The Morgan fingerprint density at radius 1 is 1.19 bits per heavy atom. The summed E-state index contributed by atoms with van der Waals surface area (Å²) in [5, 5.41) is 4.56. The molecule has 0 radical (unpaired) electrons. The highest BCUT2D eigenvalue weighted by molar-refractivity contribution is 5.97. The molecular formula is C18H23N3O5. The van der Waals surface area contributed by atoms with Crippen LogP contribution in [0.5, 0.6) is 0 Å². The summed E-state index contributed by atoms with van der Waals surface area (Å²) >= 11 is 0. The number of esters is 1. The molecule has 2 N–H and O–H groups in total. The number of hydrogen-bond donors (Lipinski definition) is 2. The number of hydrogen-bond acceptors (Lipinski definition) is 5. The second-order valence-electron chi connectivity index (χ2n) is 6.37. The lowest BCUT2D eigenvalue weighted by Crippen LogP contribution is -2.44. The fourth-order valence-electron chi connectivity index (χ4n) is 2.51. The number of urea groups is 1. The third-order valence-corrected chi connectivity index (χ3v) is 3.74. The van der Waals surface area contributed by atoms with E-state index in [4.69, 9.17) is 4.74 Å². The summed E-state index contributed by atoms with van der Waals surface area (Å²) in [6, 6.07) is 5.92. The summed E-state index contributed by atoms with van der Waals surface area (Å²) in [7, 11) is 0. The Balaban J connectivity index is 1.79. The van der Waals surface area contributed by atoms with Crippen LogP contribution in [0.15, 0.2) is 24.3 Å². The van der Waals surface area contributed by atoms with Gasteiger partial charge in [0.05, 0.1) is 5.56 Å². The molecule has 0 spiro atoms. The first kappa shape index (κ1) is 19.4. The summed E-state index contributed by atoms with van der Waals surface area (Å²) in [5.74, 6) is -1.23. The van der Waals surface area contributed by atoms with Gasteiger partial charge in [-0.2, -0.15) is 0 Å². The number of ether oxygens (including phenoxy) is 1. The second-order valence-corrected chi connectivity index (χ2v) is 6.37. The maximum absolute atomic E-state index is 12.0. The van der Waals surface area contributed by atoms with Gasteiger partial charge < -0.3 is 15.0 Å².